The fourth-order valence-corrected chi connectivity index (χ4v) is 3.64. The van der Waals surface area contributed by atoms with Gasteiger partial charge < -0.3 is 10.2 Å². The minimum atomic E-state index is -1.10. The number of carboxylic acid groups (broad SMARTS) is 1. The normalized spacial score (nSPS) is 15.9. The number of carbonyl (C=O) groups excluding carboxylic acids is 1. The highest BCUT2D eigenvalue weighted by atomic mass is 16.4. The van der Waals surface area contributed by atoms with Crippen molar-refractivity contribution in [3.05, 3.63) is 95.6 Å². The number of aliphatic carboxylic acids is 1. The summed E-state index contributed by atoms with van der Waals surface area (Å²) in [4.78, 5) is 31.0. The molecule has 1 heterocycles. The maximum absolute atomic E-state index is 13.4. The Bertz CT molecular complexity index is 1120. The number of carboxylic acids is 1. The summed E-state index contributed by atoms with van der Waals surface area (Å²) >= 11 is 0. The molecule has 1 atom stereocenters. The largest absolute Gasteiger partial charge is 0.508 e. The van der Waals surface area contributed by atoms with Crippen molar-refractivity contribution < 1.29 is 19.8 Å². The van der Waals surface area contributed by atoms with E-state index in [1.807, 2.05) is 48.5 Å². The molecule has 0 aromatic heterocycles. The molecule has 0 bridgehead atoms. The Morgan fingerprint density at radius 3 is 2.43 bits per heavy atom. The van der Waals surface area contributed by atoms with Crippen molar-refractivity contribution in [1.29, 1.82) is 0 Å². The minimum Gasteiger partial charge on any atom is -0.508 e. The van der Waals surface area contributed by atoms with E-state index in [1.165, 1.54) is 4.90 Å². The maximum Gasteiger partial charge on any atom is 0.323 e. The van der Waals surface area contributed by atoms with E-state index in [4.69, 9.17) is 4.99 Å². The van der Waals surface area contributed by atoms with E-state index in [2.05, 4.69) is 0 Å². The summed E-state index contributed by atoms with van der Waals surface area (Å²) in [7, 11) is 0. The predicted molar refractivity (Wildman–Crippen MR) is 114 cm³/mol. The Morgan fingerprint density at radius 2 is 1.70 bits per heavy atom. The molecule has 0 aliphatic carbocycles. The van der Waals surface area contributed by atoms with Gasteiger partial charge in [-0.2, -0.15) is 0 Å². The molecule has 4 rings (SSSR count). The van der Waals surface area contributed by atoms with E-state index in [0.29, 0.717) is 28.9 Å². The number of benzodiazepines with no additional fused rings is 1. The lowest BCUT2D eigenvalue weighted by Gasteiger charge is -2.23. The molecule has 3 aromatic carbocycles. The summed E-state index contributed by atoms with van der Waals surface area (Å²) in [6.07, 6.45) is 0.339. The van der Waals surface area contributed by atoms with Gasteiger partial charge in [-0.3, -0.25) is 19.5 Å². The Kier molecular flexibility index (Phi) is 5.30. The van der Waals surface area contributed by atoms with E-state index < -0.39 is 18.6 Å². The number of rotatable bonds is 5. The van der Waals surface area contributed by atoms with E-state index in [-0.39, 0.29) is 11.7 Å². The van der Waals surface area contributed by atoms with Crippen LogP contribution < -0.4 is 4.90 Å². The van der Waals surface area contributed by atoms with Crippen molar-refractivity contribution in [2.75, 3.05) is 11.4 Å². The van der Waals surface area contributed by atoms with Gasteiger partial charge in [-0.25, -0.2) is 0 Å². The Hall–Kier alpha value is -3.93. The first-order chi connectivity index (χ1) is 14.5. The molecule has 1 unspecified atom stereocenters. The van der Waals surface area contributed by atoms with Crippen molar-refractivity contribution in [3.8, 4) is 5.75 Å². The molecule has 1 aliphatic rings. The Morgan fingerprint density at radius 1 is 0.967 bits per heavy atom. The molecular formula is C24H20N2O4. The fraction of sp³-hybridized carbons (Fsp3) is 0.125. The molecule has 0 saturated heterocycles. The fourth-order valence-electron chi connectivity index (χ4n) is 3.64. The van der Waals surface area contributed by atoms with Crippen LogP contribution in [0.4, 0.5) is 5.69 Å². The van der Waals surface area contributed by atoms with Gasteiger partial charge >= 0.3 is 5.97 Å². The molecule has 0 fully saturated rings. The summed E-state index contributed by atoms with van der Waals surface area (Å²) in [5.41, 5.74) is 3.26. The molecule has 1 amide bonds. The number of fused-ring (bicyclic) bond motifs is 1. The van der Waals surface area contributed by atoms with Crippen LogP contribution in [-0.2, 0) is 16.0 Å². The number of hydrogen-bond acceptors (Lipinski definition) is 4. The number of anilines is 1. The molecule has 6 heteroatoms. The summed E-state index contributed by atoms with van der Waals surface area (Å²) in [6.45, 7) is -0.454. The number of phenolic OH excluding ortho intramolecular Hbond substituents is 1. The number of benzene rings is 3. The van der Waals surface area contributed by atoms with Crippen molar-refractivity contribution in [2.24, 2.45) is 4.99 Å². The summed E-state index contributed by atoms with van der Waals surface area (Å²) in [5.74, 6) is -1.38. The van der Waals surface area contributed by atoms with Crippen molar-refractivity contribution in [3.63, 3.8) is 0 Å². The lowest BCUT2D eigenvalue weighted by molar-refractivity contribution is -0.136. The average Bonchev–Trinajstić information content (AvgIpc) is 2.85. The second-order valence-electron chi connectivity index (χ2n) is 7.07. The quantitative estimate of drug-likeness (QED) is 0.688. The molecule has 0 spiro atoms. The SMILES string of the molecule is O=C(O)CN1C(=O)C(Cc2ccccc2)N=C(c2cccc(O)c2)c2ccccc21. The van der Waals surface area contributed by atoms with Crippen LogP contribution in [0.5, 0.6) is 5.75 Å². The number of nitrogens with zero attached hydrogens (tertiary/aromatic N) is 2. The van der Waals surface area contributed by atoms with Crippen molar-refractivity contribution in [1.82, 2.24) is 0 Å². The van der Waals surface area contributed by atoms with Crippen LogP contribution in [0.3, 0.4) is 0 Å². The van der Waals surface area contributed by atoms with Gasteiger partial charge in [0.2, 0.25) is 0 Å². The van der Waals surface area contributed by atoms with Gasteiger partial charge in [0.05, 0.1) is 11.4 Å². The highest BCUT2D eigenvalue weighted by Gasteiger charge is 2.33. The van der Waals surface area contributed by atoms with Gasteiger partial charge in [0.1, 0.15) is 18.3 Å². The zero-order valence-corrected chi connectivity index (χ0v) is 16.1. The van der Waals surface area contributed by atoms with E-state index in [1.54, 1.807) is 30.3 Å². The number of aromatic hydroxyl groups is 1. The lowest BCUT2D eigenvalue weighted by Crippen LogP contribution is -2.42. The second kappa shape index (κ2) is 8.21. The number of aliphatic imine (C=N–C) groups is 1. The van der Waals surface area contributed by atoms with E-state index in [0.717, 1.165) is 5.56 Å². The van der Waals surface area contributed by atoms with Crippen LogP contribution in [0.1, 0.15) is 16.7 Å². The predicted octanol–water partition coefficient (Wildman–Crippen LogP) is 3.27. The molecule has 0 radical (unpaired) electrons. The second-order valence-corrected chi connectivity index (χ2v) is 7.07. The smallest absolute Gasteiger partial charge is 0.323 e. The van der Waals surface area contributed by atoms with Crippen LogP contribution in [-0.4, -0.2) is 40.4 Å². The molecule has 6 nitrogen and oxygen atoms in total. The zero-order chi connectivity index (χ0) is 21.1. The maximum atomic E-state index is 13.4. The molecule has 3 aromatic rings. The number of phenols is 1. The highest BCUT2D eigenvalue weighted by molar-refractivity contribution is 6.20. The molecule has 2 N–H and O–H groups in total. The topological polar surface area (TPSA) is 90.2 Å². The molecular weight excluding hydrogens is 380 g/mol. The Balaban J connectivity index is 1.89. The zero-order valence-electron chi connectivity index (χ0n) is 16.1. The van der Waals surface area contributed by atoms with Crippen LogP contribution in [0.25, 0.3) is 0 Å². The van der Waals surface area contributed by atoms with Crippen LogP contribution in [0.15, 0.2) is 83.9 Å². The van der Waals surface area contributed by atoms with Gasteiger partial charge in [-0.1, -0.05) is 60.7 Å². The van der Waals surface area contributed by atoms with Gasteiger partial charge in [0.25, 0.3) is 5.91 Å². The standard InChI is InChI=1S/C24H20N2O4/c27-18-10-6-9-17(14-18)23-19-11-4-5-12-21(19)26(15-22(28)29)24(30)20(25-23)13-16-7-2-1-3-8-16/h1-12,14,20,27H,13,15H2,(H,28,29). The average molecular weight is 400 g/mol. The minimum absolute atomic E-state index is 0.0882. The highest BCUT2D eigenvalue weighted by Crippen LogP contribution is 2.30. The van der Waals surface area contributed by atoms with Crippen molar-refractivity contribution in [2.45, 2.75) is 12.5 Å². The third-order valence-corrected chi connectivity index (χ3v) is 4.97. The first-order valence-corrected chi connectivity index (χ1v) is 9.56. The summed E-state index contributed by atoms with van der Waals surface area (Å²) in [6, 6.07) is 22.5. The third kappa shape index (κ3) is 3.93. The number of carbonyl (C=O) groups is 2. The van der Waals surface area contributed by atoms with Gasteiger partial charge in [0.15, 0.2) is 0 Å². The summed E-state index contributed by atoms with van der Waals surface area (Å²) < 4.78 is 0. The van der Waals surface area contributed by atoms with Gasteiger partial charge in [-0.05, 0) is 23.8 Å². The molecule has 1 aliphatic heterocycles. The third-order valence-electron chi connectivity index (χ3n) is 4.97. The first kappa shape index (κ1) is 19.4. The number of amides is 1. The molecule has 0 saturated carbocycles. The number of para-hydroxylation sites is 1. The summed E-state index contributed by atoms with van der Waals surface area (Å²) in [5, 5.41) is 19.4. The van der Waals surface area contributed by atoms with E-state index in [9.17, 15) is 19.8 Å². The van der Waals surface area contributed by atoms with Crippen LogP contribution in [0.2, 0.25) is 0 Å². The van der Waals surface area contributed by atoms with Crippen molar-refractivity contribution >= 4 is 23.3 Å². The molecule has 30 heavy (non-hydrogen) atoms. The first-order valence-electron chi connectivity index (χ1n) is 9.56. The molecule has 150 valence electrons. The van der Waals surface area contributed by atoms with Crippen LogP contribution in [0, 0.1) is 0 Å². The van der Waals surface area contributed by atoms with Gasteiger partial charge in [-0.15, -0.1) is 0 Å². The monoisotopic (exact) mass is 400 g/mol. The number of hydrogen-bond donors (Lipinski definition) is 2. The lowest BCUT2D eigenvalue weighted by atomic mass is 10.00. The Labute approximate surface area is 173 Å². The van der Waals surface area contributed by atoms with Crippen LogP contribution >= 0.6 is 0 Å². The van der Waals surface area contributed by atoms with E-state index >= 15 is 0 Å². The van der Waals surface area contributed by atoms with Gasteiger partial charge in [0, 0.05) is 17.5 Å².